The highest BCUT2D eigenvalue weighted by Gasteiger charge is 2.26. The summed E-state index contributed by atoms with van der Waals surface area (Å²) in [6.07, 6.45) is 121. The average molecular weight is 1360 g/mol. The van der Waals surface area contributed by atoms with Crippen LogP contribution in [0.4, 0.5) is 0 Å². The fourth-order valence-electron chi connectivity index (χ4n) is 10.3. The second-order valence-corrected chi connectivity index (χ2v) is 26.6. The third-order valence-corrected chi connectivity index (χ3v) is 17.0. The lowest BCUT2D eigenvalue weighted by Gasteiger charge is -2.19. The highest BCUT2D eigenvalue weighted by molar-refractivity contribution is 7.47. The van der Waals surface area contributed by atoms with Crippen molar-refractivity contribution in [1.82, 2.24) is 0 Å². The minimum absolute atomic E-state index is 0.0454. The molecule has 548 valence electrons. The van der Waals surface area contributed by atoms with Crippen molar-refractivity contribution >= 4 is 19.8 Å². The van der Waals surface area contributed by atoms with Gasteiger partial charge < -0.3 is 20.1 Å². The molecule has 0 aromatic rings. The Kier molecular flexibility index (Phi) is 75.6. The number of hydrogen-bond acceptors (Lipinski definition) is 8. The summed E-state index contributed by atoms with van der Waals surface area (Å²) in [6.45, 7) is 3.52. The summed E-state index contributed by atoms with van der Waals surface area (Å²) in [6, 6.07) is 0. The van der Waals surface area contributed by atoms with Crippen LogP contribution in [0.25, 0.3) is 0 Å². The summed E-state index contributed by atoms with van der Waals surface area (Å²) in [7, 11) is -4.41. The van der Waals surface area contributed by atoms with Crippen molar-refractivity contribution in [3.8, 4) is 0 Å². The third-order valence-electron chi connectivity index (χ3n) is 16.0. The summed E-state index contributed by atoms with van der Waals surface area (Å²) in [4.78, 5) is 35.5. The Balaban J connectivity index is 3.90. The number of rotatable bonds is 71. The van der Waals surface area contributed by atoms with E-state index in [1.807, 2.05) is 0 Å². The first kappa shape index (κ1) is 91.8. The Labute approximate surface area is 596 Å². The smallest absolute Gasteiger partial charge is 0.462 e. The number of allylic oxidation sites excluding steroid dienone is 32. The molecular formula is C87H142NO8P. The maximum absolute atomic E-state index is 12.8. The molecule has 0 aliphatic carbocycles. The van der Waals surface area contributed by atoms with Crippen LogP contribution in [0.2, 0.25) is 0 Å². The highest BCUT2D eigenvalue weighted by Crippen LogP contribution is 2.43. The number of carbonyl (C=O) groups is 2. The Bertz CT molecular complexity index is 2300. The molecule has 0 heterocycles. The van der Waals surface area contributed by atoms with E-state index in [1.54, 1.807) is 0 Å². The van der Waals surface area contributed by atoms with Crippen molar-refractivity contribution in [3.63, 3.8) is 0 Å². The van der Waals surface area contributed by atoms with Gasteiger partial charge in [0.05, 0.1) is 13.2 Å². The van der Waals surface area contributed by atoms with E-state index < -0.39 is 26.5 Å². The molecule has 0 saturated heterocycles. The van der Waals surface area contributed by atoms with Crippen LogP contribution in [0.1, 0.15) is 309 Å². The molecule has 10 heteroatoms. The number of ether oxygens (including phenoxy) is 2. The first-order valence-electron chi connectivity index (χ1n) is 38.9. The molecule has 0 rings (SSSR count). The minimum Gasteiger partial charge on any atom is -0.462 e. The number of esters is 2. The van der Waals surface area contributed by atoms with Crippen molar-refractivity contribution in [1.29, 1.82) is 0 Å². The molecule has 97 heavy (non-hydrogen) atoms. The number of unbranched alkanes of at least 4 members (excludes halogenated alkanes) is 26. The molecule has 0 aliphatic heterocycles. The second-order valence-electron chi connectivity index (χ2n) is 25.1. The van der Waals surface area contributed by atoms with Crippen molar-refractivity contribution in [3.05, 3.63) is 194 Å². The van der Waals surface area contributed by atoms with Gasteiger partial charge in [0.2, 0.25) is 0 Å². The van der Waals surface area contributed by atoms with Crippen LogP contribution in [0, 0.1) is 0 Å². The number of nitrogens with two attached hydrogens (primary N) is 1. The van der Waals surface area contributed by atoms with E-state index in [0.717, 1.165) is 154 Å². The van der Waals surface area contributed by atoms with Crippen molar-refractivity contribution in [2.75, 3.05) is 26.4 Å². The summed E-state index contributed by atoms with van der Waals surface area (Å²) in [5.74, 6) is -0.836. The van der Waals surface area contributed by atoms with Gasteiger partial charge in [-0.05, 0) is 141 Å². The molecular weight excluding hydrogens is 1220 g/mol. The van der Waals surface area contributed by atoms with Crippen LogP contribution in [0.3, 0.4) is 0 Å². The topological polar surface area (TPSA) is 134 Å². The zero-order chi connectivity index (χ0) is 70.0. The summed E-state index contributed by atoms with van der Waals surface area (Å²) >= 11 is 0. The Morgan fingerprint density at radius 2 is 0.536 bits per heavy atom. The van der Waals surface area contributed by atoms with Crippen LogP contribution in [0.5, 0.6) is 0 Å². The van der Waals surface area contributed by atoms with Crippen LogP contribution in [-0.2, 0) is 32.7 Å². The molecule has 0 aromatic carbocycles. The van der Waals surface area contributed by atoms with Gasteiger partial charge in [-0.1, -0.05) is 350 Å². The predicted octanol–water partition coefficient (Wildman–Crippen LogP) is 26.4. The zero-order valence-electron chi connectivity index (χ0n) is 61.7. The van der Waals surface area contributed by atoms with Gasteiger partial charge in [0.25, 0.3) is 0 Å². The largest absolute Gasteiger partial charge is 0.472 e. The van der Waals surface area contributed by atoms with Gasteiger partial charge in [-0.2, -0.15) is 0 Å². The number of carbonyl (C=O) groups excluding carboxylic acids is 2. The maximum Gasteiger partial charge on any atom is 0.472 e. The fraction of sp³-hybridized carbons (Fsp3) is 0.609. The summed E-state index contributed by atoms with van der Waals surface area (Å²) < 4.78 is 33.3. The molecule has 9 nitrogen and oxygen atoms in total. The summed E-state index contributed by atoms with van der Waals surface area (Å²) in [5.41, 5.74) is 5.41. The van der Waals surface area contributed by atoms with Gasteiger partial charge in [0.15, 0.2) is 6.10 Å². The van der Waals surface area contributed by atoms with Gasteiger partial charge >= 0.3 is 19.8 Å². The standard InChI is InChI=1S/C87H142NO8P/c1-3-5-7-9-11-13-15-17-19-21-23-25-27-29-31-33-35-37-39-40-41-42-43-44-46-48-50-52-54-56-58-60-62-64-66-68-70-72-74-76-78-80-87(90)96-85(84-95-97(91,92)94-82-81-88)83-93-86(89)79-77-75-73-71-69-67-65-63-61-59-57-55-53-51-49-47-45-38-36-34-32-30-28-26-24-22-20-18-16-14-12-10-8-6-4-2/h5-8,11-14,17-20,23-26,29-32,35-38,40-41,43-44,47,49,53,55,85H,3-4,9-10,15-16,21-22,27-28,33-34,39,42,45-46,48,50-52,54,56-84,88H2,1-2H3,(H,91,92)/b7-5-,8-6-,13-11-,14-12-,19-17-,20-18-,25-23-,26-24-,31-29-,32-30-,37-35-,38-36-,41-40-,44-43-,49-47-,55-53-. The molecule has 2 unspecified atom stereocenters. The first-order chi connectivity index (χ1) is 47.8. The monoisotopic (exact) mass is 1360 g/mol. The van der Waals surface area contributed by atoms with Gasteiger partial charge in [0.1, 0.15) is 6.61 Å². The Morgan fingerprint density at radius 3 is 0.794 bits per heavy atom. The molecule has 0 radical (unpaired) electrons. The van der Waals surface area contributed by atoms with E-state index in [0.29, 0.717) is 6.42 Å². The molecule has 0 saturated carbocycles. The van der Waals surface area contributed by atoms with E-state index in [4.69, 9.17) is 24.3 Å². The van der Waals surface area contributed by atoms with Crippen molar-refractivity contribution < 1.29 is 37.6 Å². The first-order valence-corrected chi connectivity index (χ1v) is 40.4. The lowest BCUT2D eigenvalue weighted by atomic mass is 10.0. The van der Waals surface area contributed by atoms with E-state index in [1.165, 1.54) is 122 Å². The molecule has 0 spiro atoms. The quantitative estimate of drug-likeness (QED) is 0.0264. The molecule has 0 aliphatic rings. The number of phosphoric ester groups is 1. The second kappa shape index (κ2) is 79.8. The summed E-state index contributed by atoms with van der Waals surface area (Å²) in [5, 5.41) is 0. The molecule has 0 bridgehead atoms. The maximum atomic E-state index is 12.8. The third kappa shape index (κ3) is 79.7. The van der Waals surface area contributed by atoms with Gasteiger partial charge in [-0.15, -0.1) is 0 Å². The van der Waals surface area contributed by atoms with Gasteiger partial charge in [0, 0.05) is 19.4 Å². The molecule has 0 amide bonds. The normalized spacial score (nSPS) is 14.0. The van der Waals surface area contributed by atoms with Crippen molar-refractivity contribution in [2.24, 2.45) is 5.73 Å². The van der Waals surface area contributed by atoms with E-state index in [9.17, 15) is 19.0 Å². The molecule has 0 fully saturated rings. The SMILES string of the molecule is CC/C=C\C/C=C\C/C=C\C/C=C\C/C=C\C/C=C\C/C=C\C/C=C\CCCCCCCCCCCCCCCCCCC(=O)OC(COC(=O)CCCCCCCCCCCC/C=C\C/C=C\C/C=C\C/C=C\C/C=C\C/C=C\C/C=C\C/C=C\CC)COP(=O)(O)OCCN. The highest BCUT2D eigenvalue weighted by atomic mass is 31.2. The van der Waals surface area contributed by atoms with Gasteiger partial charge in [-0.25, -0.2) is 4.57 Å². The van der Waals surface area contributed by atoms with Crippen LogP contribution < -0.4 is 5.73 Å². The number of hydrogen-bond donors (Lipinski definition) is 2. The van der Waals surface area contributed by atoms with Crippen molar-refractivity contribution in [2.45, 2.75) is 315 Å². The lowest BCUT2D eigenvalue weighted by molar-refractivity contribution is -0.161. The van der Waals surface area contributed by atoms with Gasteiger partial charge in [-0.3, -0.25) is 18.6 Å². The Morgan fingerprint density at radius 1 is 0.309 bits per heavy atom. The number of phosphoric acid groups is 1. The minimum atomic E-state index is -4.41. The van der Waals surface area contributed by atoms with E-state index >= 15 is 0 Å². The zero-order valence-corrected chi connectivity index (χ0v) is 62.6. The van der Waals surface area contributed by atoms with Crippen LogP contribution in [-0.4, -0.2) is 49.3 Å². The molecule has 2 atom stereocenters. The molecule has 0 aromatic heterocycles. The molecule has 3 N–H and O–H groups in total. The van der Waals surface area contributed by atoms with E-state index in [2.05, 4.69) is 208 Å². The van der Waals surface area contributed by atoms with Crippen LogP contribution >= 0.6 is 7.82 Å². The average Bonchev–Trinajstić information content (AvgIpc) is 2.57. The Hall–Kier alpha value is -5.15. The fourth-order valence-corrected chi connectivity index (χ4v) is 11.1. The van der Waals surface area contributed by atoms with Crippen LogP contribution in [0.15, 0.2) is 194 Å². The van der Waals surface area contributed by atoms with E-state index in [-0.39, 0.29) is 38.6 Å². The lowest BCUT2D eigenvalue weighted by Crippen LogP contribution is -2.29. The predicted molar refractivity (Wildman–Crippen MR) is 422 cm³/mol.